The van der Waals surface area contributed by atoms with Crippen molar-refractivity contribution in [3.63, 3.8) is 0 Å². The predicted octanol–water partition coefficient (Wildman–Crippen LogP) is 8.64. The first kappa shape index (κ1) is 26.0. The molecule has 1 aliphatic rings. The molecule has 33 heavy (non-hydrogen) atoms. The molecule has 2 aromatic rings. The fourth-order valence-corrected chi connectivity index (χ4v) is 5.51. The largest absolute Gasteiger partial charge is 0.460 e. The van der Waals surface area contributed by atoms with Crippen molar-refractivity contribution in [2.45, 2.75) is 111 Å². The molecule has 182 valence electrons. The topological polar surface area (TPSA) is 38.7 Å². The number of aryl methyl sites for hydroxylation is 4. The second kappa shape index (κ2) is 13.4. The number of hydrogen-bond acceptors (Lipinski definition) is 3. The van der Waals surface area contributed by atoms with Crippen molar-refractivity contribution in [3.8, 4) is 11.5 Å². The Balaban J connectivity index is 2.08. The Hall–Kier alpha value is -1.57. The van der Waals surface area contributed by atoms with Gasteiger partial charge in [0, 0.05) is 6.42 Å². The van der Waals surface area contributed by atoms with Gasteiger partial charge in [-0.25, -0.2) is 0 Å². The molecule has 0 spiro atoms. The van der Waals surface area contributed by atoms with Crippen LogP contribution in [0.5, 0.6) is 11.5 Å². The lowest BCUT2D eigenvalue weighted by molar-refractivity contribution is 0.371. The second-order valence-corrected chi connectivity index (χ2v) is 10.3. The SMILES string of the molecule is CCCCc1cc(CCCC)c2c(c1)Cc1cc(CCCC)cc(CCCC)c1OP(O)O2. The molecule has 1 N–H and O–H groups in total. The normalized spacial score (nSPS) is 13.5. The molecule has 1 aliphatic heterocycles. The Morgan fingerprint density at radius 1 is 0.636 bits per heavy atom. The van der Waals surface area contributed by atoms with Gasteiger partial charge in [0.15, 0.2) is 0 Å². The van der Waals surface area contributed by atoms with Crippen molar-refractivity contribution in [2.75, 3.05) is 0 Å². The van der Waals surface area contributed by atoms with Crippen molar-refractivity contribution in [1.82, 2.24) is 0 Å². The molecule has 0 bridgehead atoms. The molecule has 0 unspecified atom stereocenters. The van der Waals surface area contributed by atoms with E-state index in [-0.39, 0.29) is 0 Å². The van der Waals surface area contributed by atoms with Crippen LogP contribution in [0.15, 0.2) is 24.3 Å². The molecular weight excluding hydrogens is 427 g/mol. The standard InChI is InChI=1S/C29H43O3P/c1-5-9-13-22-17-24(15-11-7-3)28-26(19-22)21-27-20-23(14-10-6-2)18-25(16-12-8-4)29(27)32-33(30)31-28/h17-20,30H,5-16,21H2,1-4H3. The van der Waals surface area contributed by atoms with Gasteiger partial charge in [0.2, 0.25) is 0 Å². The number of rotatable bonds is 12. The molecule has 3 nitrogen and oxygen atoms in total. The van der Waals surface area contributed by atoms with E-state index < -0.39 is 8.60 Å². The minimum atomic E-state index is -2.01. The van der Waals surface area contributed by atoms with Crippen LogP contribution in [0, 0.1) is 0 Å². The average molecular weight is 471 g/mol. The van der Waals surface area contributed by atoms with Crippen molar-refractivity contribution in [2.24, 2.45) is 0 Å². The van der Waals surface area contributed by atoms with Gasteiger partial charge in [-0.05, 0) is 84.7 Å². The summed E-state index contributed by atoms with van der Waals surface area (Å²) in [6.07, 6.45) is 14.3. The predicted molar refractivity (Wildman–Crippen MR) is 141 cm³/mol. The van der Waals surface area contributed by atoms with Gasteiger partial charge in [-0.3, -0.25) is 0 Å². The summed E-state index contributed by atoms with van der Waals surface area (Å²) in [5.41, 5.74) is 7.64. The van der Waals surface area contributed by atoms with E-state index in [0.717, 1.165) is 69.3 Å². The lowest BCUT2D eigenvalue weighted by atomic mass is 9.91. The van der Waals surface area contributed by atoms with Crippen LogP contribution in [-0.2, 0) is 32.1 Å². The van der Waals surface area contributed by atoms with Crippen LogP contribution >= 0.6 is 8.60 Å². The van der Waals surface area contributed by atoms with E-state index in [9.17, 15) is 4.89 Å². The van der Waals surface area contributed by atoms with E-state index in [1.807, 2.05) is 0 Å². The third-order valence-electron chi connectivity index (χ3n) is 6.56. The summed E-state index contributed by atoms with van der Waals surface area (Å²) in [4.78, 5) is 10.8. The molecular formula is C29H43O3P. The van der Waals surface area contributed by atoms with E-state index >= 15 is 0 Å². The van der Waals surface area contributed by atoms with E-state index in [2.05, 4.69) is 52.0 Å². The maximum atomic E-state index is 10.8. The molecule has 0 aliphatic carbocycles. The molecule has 3 rings (SSSR count). The zero-order valence-electron chi connectivity index (χ0n) is 21.2. The Morgan fingerprint density at radius 2 is 1.03 bits per heavy atom. The van der Waals surface area contributed by atoms with Crippen LogP contribution in [-0.4, -0.2) is 4.89 Å². The molecule has 2 aromatic carbocycles. The Kier molecular flexibility index (Phi) is 10.5. The maximum absolute atomic E-state index is 10.8. The quantitative estimate of drug-likeness (QED) is 0.316. The molecule has 1 heterocycles. The monoisotopic (exact) mass is 470 g/mol. The smallest absolute Gasteiger partial charge is 0.417 e. The fourth-order valence-electron chi connectivity index (χ4n) is 4.69. The molecule has 0 radical (unpaired) electrons. The summed E-state index contributed by atoms with van der Waals surface area (Å²) in [7, 11) is -2.01. The fraction of sp³-hybridized carbons (Fsp3) is 0.586. The van der Waals surface area contributed by atoms with Gasteiger partial charge in [0.25, 0.3) is 0 Å². The Labute approximate surface area is 202 Å². The lowest BCUT2D eigenvalue weighted by Gasteiger charge is -2.26. The van der Waals surface area contributed by atoms with Gasteiger partial charge in [0.1, 0.15) is 11.5 Å². The van der Waals surface area contributed by atoms with Crippen LogP contribution in [0.1, 0.15) is 112 Å². The minimum Gasteiger partial charge on any atom is -0.417 e. The second-order valence-electron chi connectivity index (χ2n) is 9.50. The summed E-state index contributed by atoms with van der Waals surface area (Å²) >= 11 is 0. The third-order valence-corrected chi connectivity index (χ3v) is 7.24. The van der Waals surface area contributed by atoms with Gasteiger partial charge >= 0.3 is 8.60 Å². The zero-order valence-corrected chi connectivity index (χ0v) is 22.1. The number of unbranched alkanes of at least 4 members (excludes halogenated alkanes) is 4. The van der Waals surface area contributed by atoms with Gasteiger partial charge in [0.05, 0.1) is 0 Å². The average Bonchev–Trinajstić information content (AvgIpc) is 2.80. The van der Waals surface area contributed by atoms with E-state index in [1.165, 1.54) is 59.1 Å². The molecule has 4 heteroatoms. The van der Waals surface area contributed by atoms with E-state index in [0.29, 0.717) is 0 Å². The highest BCUT2D eigenvalue weighted by Crippen LogP contribution is 2.47. The van der Waals surface area contributed by atoms with Gasteiger partial charge in [-0.1, -0.05) is 77.6 Å². The summed E-state index contributed by atoms with van der Waals surface area (Å²) in [5, 5.41) is 0. The van der Waals surface area contributed by atoms with Crippen molar-refractivity contribution in [1.29, 1.82) is 0 Å². The van der Waals surface area contributed by atoms with Crippen molar-refractivity contribution < 1.29 is 13.9 Å². The Morgan fingerprint density at radius 3 is 1.42 bits per heavy atom. The Bertz CT molecular complexity index is 821. The highest BCUT2D eigenvalue weighted by atomic mass is 31.2. The lowest BCUT2D eigenvalue weighted by Crippen LogP contribution is -2.10. The van der Waals surface area contributed by atoms with Gasteiger partial charge < -0.3 is 13.9 Å². The molecule has 0 fully saturated rings. The van der Waals surface area contributed by atoms with Crippen LogP contribution in [0.4, 0.5) is 0 Å². The van der Waals surface area contributed by atoms with Crippen LogP contribution in [0.3, 0.4) is 0 Å². The van der Waals surface area contributed by atoms with Crippen LogP contribution < -0.4 is 9.05 Å². The van der Waals surface area contributed by atoms with Crippen LogP contribution in [0.2, 0.25) is 0 Å². The third kappa shape index (κ3) is 7.20. The molecule has 0 saturated carbocycles. The summed E-state index contributed by atoms with van der Waals surface area (Å²) in [6, 6.07) is 9.26. The first-order chi connectivity index (χ1) is 16.1. The summed E-state index contributed by atoms with van der Waals surface area (Å²) in [5.74, 6) is 1.72. The molecule has 0 saturated heterocycles. The first-order valence-corrected chi connectivity index (χ1v) is 14.4. The highest BCUT2D eigenvalue weighted by molar-refractivity contribution is 7.41. The number of hydrogen-bond donors (Lipinski definition) is 1. The maximum Gasteiger partial charge on any atom is 0.460 e. The van der Waals surface area contributed by atoms with Crippen LogP contribution in [0.25, 0.3) is 0 Å². The van der Waals surface area contributed by atoms with Gasteiger partial charge in [-0.15, -0.1) is 0 Å². The van der Waals surface area contributed by atoms with Crippen molar-refractivity contribution in [3.05, 3.63) is 57.6 Å². The first-order valence-electron chi connectivity index (χ1n) is 13.2. The summed E-state index contributed by atoms with van der Waals surface area (Å²) < 4.78 is 12.3. The highest BCUT2D eigenvalue weighted by Gasteiger charge is 2.26. The minimum absolute atomic E-state index is 0.798. The van der Waals surface area contributed by atoms with E-state index in [1.54, 1.807) is 0 Å². The van der Waals surface area contributed by atoms with E-state index in [4.69, 9.17) is 9.05 Å². The van der Waals surface area contributed by atoms with Crippen molar-refractivity contribution >= 4 is 8.60 Å². The number of fused-ring (bicyclic) bond motifs is 2. The zero-order chi connectivity index (χ0) is 23.6. The number of benzene rings is 2. The van der Waals surface area contributed by atoms with Gasteiger partial charge in [-0.2, -0.15) is 0 Å². The molecule has 0 amide bonds. The molecule has 0 aromatic heterocycles. The summed E-state index contributed by atoms with van der Waals surface area (Å²) in [6.45, 7) is 8.94. The molecule has 0 atom stereocenters.